The first kappa shape index (κ1) is 16.3. The summed E-state index contributed by atoms with van der Waals surface area (Å²) in [7, 11) is 0. The molecule has 1 aliphatic carbocycles. The maximum absolute atomic E-state index is 12.1. The summed E-state index contributed by atoms with van der Waals surface area (Å²) >= 11 is 3.84. The van der Waals surface area contributed by atoms with Crippen molar-refractivity contribution >= 4 is 29.0 Å². The van der Waals surface area contributed by atoms with Gasteiger partial charge in [-0.05, 0) is 61.5 Å². The Bertz CT molecular complexity index is 457. The van der Waals surface area contributed by atoms with E-state index in [0.717, 1.165) is 19.3 Å². The lowest BCUT2D eigenvalue weighted by molar-refractivity contribution is -0.122. The fourth-order valence-electron chi connectivity index (χ4n) is 3.20. The predicted molar refractivity (Wildman–Crippen MR) is 95.7 cm³/mol. The molecule has 22 heavy (non-hydrogen) atoms. The van der Waals surface area contributed by atoms with Crippen LogP contribution in [-0.4, -0.2) is 35.5 Å². The van der Waals surface area contributed by atoms with E-state index in [2.05, 4.69) is 39.9 Å². The molecule has 122 valence electrons. The van der Waals surface area contributed by atoms with Gasteiger partial charge in [-0.15, -0.1) is 11.3 Å². The van der Waals surface area contributed by atoms with Crippen molar-refractivity contribution in [3.63, 3.8) is 0 Å². The highest BCUT2D eigenvalue weighted by Gasteiger charge is 2.33. The van der Waals surface area contributed by atoms with E-state index in [0.29, 0.717) is 24.5 Å². The Balaban J connectivity index is 1.32. The Labute approximate surface area is 141 Å². The number of thiophene rings is 1. The normalized spacial score (nSPS) is 25.6. The van der Waals surface area contributed by atoms with Gasteiger partial charge in [0.2, 0.25) is 5.91 Å². The van der Waals surface area contributed by atoms with Gasteiger partial charge in [-0.25, -0.2) is 0 Å². The fraction of sp³-hybridized carbons (Fsp3) is 0.706. The van der Waals surface area contributed by atoms with Gasteiger partial charge in [0.25, 0.3) is 0 Å². The van der Waals surface area contributed by atoms with Gasteiger partial charge in [0, 0.05) is 29.4 Å². The highest BCUT2D eigenvalue weighted by molar-refractivity contribution is 7.99. The summed E-state index contributed by atoms with van der Waals surface area (Å²) in [6.07, 6.45) is 7.54. The minimum atomic E-state index is 0.229. The molecule has 0 radical (unpaired) electrons. The molecule has 0 aromatic carbocycles. The van der Waals surface area contributed by atoms with Gasteiger partial charge in [-0.1, -0.05) is 6.07 Å². The highest BCUT2D eigenvalue weighted by Crippen LogP contribution is 2.24. The van der Waals surface area contributed by atoms with Crippen LogP contribution >= 0.6 is 23.1 Å². The average Bonchev–Trinajstić information content (AvgIpc) is 3.04. The van der Waals surface area contributed by atoms with Gasteiger partial charge in [0.15, 0.2) is 0 Å². The minimum absolute atomic E-state index is 0.229. The summed E-state index contributed by atoms with van der Waals surface area (Å²) < 4.78 is 0. The molecular formula is C17H26N2OS2. The molecule has 1 amide bonds. The molecule has 3 rings (SSSR count). The van der Waals surface area contributed by atoms with Gasteiger partial charge in [-0.3, -0.25) is 4.79 Å². The number of carbonyl (C=O) groups is 1. The summed E-state index contributed by atoms with van der Waals surface area (Å²) in [5.74, 6) is 2.79. The topological polar surface area (TPSA) is 41.1 Å². The third-order valence-corrected chi connectivity index (χ3v) is 6.68. The van der Waals surface area contributed by atoms with Crippen LogP contribution in [0.1, 0.15) is 43.4 Å². The quantitative estimate of drug-likeness (QED) is 0.802. The number of thioether (sulfide) groups is 1. The first-order chi connectivity index (χ1) is 10.8. The minimum Gasteiger partial charge on any atom is -0.352 e. The molecule has 1 aliphatic heterocycles. The monoisotopic (exact) mass is 338 g/mol. The van der Waals surface area contributed by atoms with Crippen LogP contribution in [0.4, 0.5) is 0 Å². The second-order valence-corrected chi connectivity index (χ2v) is 8.60. The molecule has 2 aliphatic rings. The largest absolute Gasteiger partial charge is 0.352 e. The lowest BCUT2D eigenvalue weighted by Gasteiger charge is -2.41. The number of rotatable bonds is 7. The zero-order valence-corrected chi connectivity index (χ0v) is 14.7. The van der Waals surface area contributed by atoms with Crippen molar-refractivity contribution in [2.45, 2.75) is 63.1 Å². The van der Waals surface area contributed by atoms with Crippen molar-refractivity contribution < 1.29 is 4.79 Å². The van der Waals surface area contributed by atoms with E-state index in [4.69, 9.17) is 0 Å². The molecule has 1 aromatic rings. The molecule has 1 aromatic heterocycles. The summed E-state index contributed by atoms with van der Waals surface area (Å²) in [6.45, 7) is 0. The fourth-order valence-corrected chi connectivity index (χ4v) is 5.05. The van der Waals surface area contributed by atoms with Gasteiger partial charge in [0.1, 0.15) is 0 Å². The van der Waals surface area contributed by atoms with Crippen molar-refractivity contribution in [2.24, 2.45) is 0 Å². The predicted octanol–water partition coefficient (Wildman–Crippen LogP) is 3.20. The van der Waals surface area contributed by atoms with Crippen molar-refractivity contribution in [1.82, 2.24) is 10.6 Å². The van der Waals surface area contributed by atoms with Crippen molar-refractivity contribution in [3.8, 4) is 0 Å². The molecule has 5 heteroatoms. The lowest BCUT2D eigenvalue weighted by Crippen LogP contribution is -2.59. The molecule has 2 atom stereocenters. The van der Waals surface area contributed by atoms with Crippen LogP contribution in [0.25, 0.3) is 0 Å². The van der Waals surface area contributed by atoms with E-state index in [-0.39, 0.29) is 5.91 Å². The standard InChI is InChI=1S/C17H26N2OS2/c20-17(5-1-3-14-4-2-10-22-14)19-16-7-6-15(16)18-13-8-11-21-12-9-13/h2,4,10,13,15-16,18H,1,3,5-9,11-12H2,(H,19,20)/t15-,16+/m1/s1. The molecule has 2 fully saturated rings. The van der Waals surface area contributed by atoms with Gasteiger partial charge < -0.3 is 10.6 Å². The molecule has 3 nitrogen and oxygen atoms in total. The maximum Gasteiger partial charge on any atom is 0.220 e. The maximum atomic E-state index is 12.1. The van der Waals surface area contributed by atoms with E-state index >= 15 is 0 Å². The number of amides is 1. The van der Waals surface area contributed by atoms with Crippen LogP contribution in [0.3, 0.4) is 0 Å². The van der Waals surface area contributed by atoms with Crippen LogP contribution in [0.15, 0.2) is 17.5 Å². The Morgan fingerprint density at radius 2 is 2.00 bits per heavy atom. The first-order valence-corrected chi connectivity index (χ1v) is 10.5. The Morgan fingerprint density at radius 3 is 2.68 bits per heavy atom. The zero-order valence-electron chi connectivity index (χ0n) is 13.1. The van der Waals surface area contributed by atoms with Crippen molar-refractivity contribution in [1.29, 1.82) is 0 Å². The molecule has 2 N–H and O–H groups in total. The lowest BCUT2D eigenvalue weighted by atomic mass is 9.85. The number of aryl methyl sites for hydroxylation is 1. The molecule has 2 heterocycles. The van der Waals surface area contributed by atoms with E-state index < -0.39 is 0 Å². The summed E-state index contributed by atoms with van der Waals surface area (Å²) in [4.78, 5) is 13.5. The molecule has 0 unspecified atom stereocenters. The van der Waals surface area contributed by atoms with E-state index in [1.807, 2.05) is 0 Å². The second-order valence-electron chi connectivity index (χ2n) is 6.34. The molecule has 1 saturated heterocycles. The Morgan fingerprint density at radius 1 is 1.18 bits per heavy atom. The number of hydrogen-bond donors (Lipinski definition) is 2. The van der Waals surface area contributed by atoms with E-state index in [1.165, 1.54) is 35.6 Å². The van der Waals surface area contributed by atoms with Crippen LogP contribution in [-0.2, 0) is 11.2 Å². The Kier molecular flexibility index (Phi) is 6.21. The van der Waals surface area contributed by atoms with Gasteiger partial charge in [-0.2, -0.15) is 11.8 Å². The highest BCUT2D eigenvalue weighted by atomic mass is 32.2. The molecular weight excluding hydrogens is 312 g/mol. The summed E-state index contributed by atoms with van der Waals surface area (Å²) in [6, 6.07) is 5.77. The number of carbonyl (C=O) groups excluding carboxylic acids is 1. The third kappa shape index (κ3) is 4.74. The SMILES string of the molecule is O=C(CCCc1cccs1)N[C@H]1CC[C@H]1NC1CCSCC1. The van der Waals surface area contributed by atoms with Gasteiger partial charge >= 0.3 is 0 Å². The van der Waals surface area contributed by atoms with Crippen LogP contribution in [0.5, 0.6) is 0 Å². The number of nitrogens with one attached hydrogen (secondary N) is 2. The average molecular weight is 339 g/mol. The van der Waals surface area contributed by atoms with Crippen LogP contribution in [0.2, 0.25) is 0 Å². The molecule has 0 spiro atoms. The smallest absolute Gasteiger partial charge is 0.220 e. The molecule has 0 bridgehead atoms. The van der Waals surface area contributed by atoms with Crippen LogP contribution in [0, 0.1) is 0 Å². The third-order valence-electron chi connectivity index (χ3n) is 4.70. The van der Waals surface area contributed by atoms with Gasteiger partial charge in [0.05, 0.1) is 0 Å². The van der Waals surface area contributed by atoms with Crippen LogP contribution < -0.4 is 10.6 Å². The van der Waals surface area contributed by atoms with E-state index in [9.17, 15) is 4.79 Å². The first-order valence-electron chi connectivity index (χ1n) is 8.47. The van der Waals surface area contributed by atoms with Crippen molar-refractivity contribution in [2.75, 3.05) is 11.5 Å². The molecule has 1 saturated carbocycles. The Hall–Kier alpha value is -0.520. The van der Waals surface area contributed by atoms with E-state index in [1.54, 1.807) is 11.3 Å². The summed E-state index contributed by atoms with van der Waals surface area (Å²) in [5, 5.41) is 9.10. The van der Waals surface area contributed by atoms with Crippen molar-refractivity contribution in [3.05, 3.63) is 22.4 Å². The number of hydrogen-bond acceptors (Lipinski definition) is 4. The zero-order chi connectivity index (χ0) is 15.2. The summed E-state index contributed by atoms with van der Waals surface area (Å²) in [5.41, 5.74) is 0. The second kappa shape index (κ2) is 8.37.